The molecule has 0 saturated carbocycles. The number of thioether (sulfide) groups is 1. The molecule has 104 valence electrons. The maximum absolute atomic E-state index is 5.35. The van der Waals surface area contributed by atoms with Crippen LogP contribution in [0.1, 0.15) is 13.8 Å². The lowest BCUT2D eigenvalue weighted by Crippen LogP contribution is -2.13. The van der Waals surface area contributed by atoms with E-state index in [4.69, 9.17) is 9.47 Å². The van der Waals surface area contributed by atoms with E-state index in [1.807, 2.05) is 18.2 Å². The van der Waals surface area contributed by atoms with Crippen molar-refractivity contribution >= 4 is 22.6 Å². The Morgan fingerprint density at radius 1 is 1.32 bits per heavy atom. The van der Waals surface area contributed by atoms with Gasteiger partial charge in [0, 0.05) is 11.3 Å². The second-order valence-electron chi connectivity index (χ2n) is 4.74. The monoisotopic (exact) mass is 280 g/mol. The molecule has 2 rings (SSSR count). The van der Waals surface area contributed by atoms with Crippen LogP contribution in [-0.4, -0.2) is 31.2 Å². The van der Waals surface area contributed by atoms with Crippen LogP contribution in [0.4, 0.5) is 5.69 Å². The van der Waals surface area contributed by atoms with Gasteiger partial charge in [-0.25, -0.2) is 0 Å². The van der Waals surface area contributed by atoms with Crippen molar-refractivity contribution in [3.8, 4) is 11.5 Å². The first kappa shape index (κ1) is 14.1. The van der Waals surface area contributed by atoms with Crippen LogP contribution in [-0.2, 0) is 0 Å². The summed E-state index contributed by atoms with van der Waals surface area (Å²) in [5.41, 5.74) is 0.887. The summed E-state index contributed by atoms with van der Waals surface area (Å²) in [6, 6.07) is 5.69. The molecule has 0 fully saturated rings. The zero-order valence-electron chi connectivity index (χ0n) is 11.8. The van der Waals surface area contributed by atoms with Crippen LogP contribution in [0.2, 0.25) is 0 Å². The van der Waals surface area contributed by atoms with E-state index in [2.05, 4.69) is 24.2 Å². The molecule has 0 aliphatic carbocycles. The average molecular weight is 280 g/mol. The van der Waals surface area contributed by atoms with Crippen molar-refractivity contribution in [2.75, 3.05) is 26.1 Å². The fraction of sp³-hybridized carbons (Fsp3) is 0.500. The molecular weight excluding hydrogens is 260 g/mol. The van der Waals surface area contributed by atoms with Gasteiger partial charge in [0.15, 0.2) is 5.17 Å². The summed E-state index contributed by atoms with van der Waals surface area (Å²) < 4.78 is 10.6. The number of anilines is 1. The van der Waals surface area contributed by atoms with Crippen LogP contribution in [0.15, 0.2) is 23.2 Å². The Labute approximate surface area is 118 Å². The molecule has 1 aromatic carbocycles. The number of rotatable bonds is 4. The third-order valence-electron chi connectivity index (χ3n) is 3.07. The number of nitrogens with zero attached hydrogens (tertiary/aromatic N) is 1. The summed E-state index contributed by atoms with van der Waals surface area (Å²) in [4.78, 5) is 4.54. The van der Waals surface area contributed by atoms with Crippen LogP contribution in [0.3, 0.4) is 0 Å². The number of aliphatic imine (C=N–C) groups is 1. The summed E-state index contributed by atoms with van der Waals surface area (Å²) in [5.74, 6) is 2.21. The lowest BCUT2D eigenvalue weighted by Gasteiger charge is -2.14. The van der Waals surface area contributed by atoms with Gasteiger partial charge in [-0.1, -0.05) is 25.6 Å². The lowest BCUT2D eigenvalue weighted by molar-refractivity contribution is 0.405. The normalized spacial score (nSPS) is 18.4. The second kappa shape index (κ2) is 6.19. The summed E-state index contributed by atoms with van der Waals surface area (Å²) in [5, 5.41) is 4.83. The highest BCUT2D eigenvalue weighted by Gasteiger charge is 2.23. The number of hydrogen-bond donors (Lipinski definition) is 1. The third-order valence-corrected chi connectivity index (χ3v) is 4.52. The van der Waals surface area contributed by atoms with Gasteiger partial charge in [0.05, 0.1) is 26.5 Å². The van der Waals surface area contributed by atoms with Crippen molar-refractivity contribution < 1.29 is 9.47 Å². The standard InChI is InChI=1S/C14H20N2O2S/c1-9(2)13-8-15-14(19-13)16-11-7-10(17-3)5-6-12(11)18-4/h5-7,9,13H,8H2,1-4H3,(H,15,16). The number of nitrogens with one attached hydrogen (secondary N) is 1. The van der Waals surface area contributed by atoms with Gasteiger partial charge in [0.2, 0.25) is 0 Å². The van der Waals surface area contributed by atoms with Gasteiger partial charge < -0.3 is 14.8 Å². The van der Waals surface area contributed by atoms with Crippen molar-refractivity contribution in [2.24, 2.45) is 10.9 Å². The summed E-state index contributed by atoms with van der Waals surface area (Å²) >= 11 is 1.79. The average Bonchev–Trinajstić information content (AvgIpc) is 2.87. The Morgan fingerprint density at radius 3 is 2.68 bits per heavy atom. The second-order valence-corrected chi connectivity index (χ2v) is 5.97. The lowest BCUT2D eigenvalue weighted by atomic mass is 10.1. The van der Waals surface area contributed by atoms with E-state index in [-0.39, 0.29) is 0 Å². The largest absolute Gasteiger partial charge is 0.497 e. The number of ether oxygens (including phenoxy) is 2. The van der Waals surface area contributed by atoms with Gasteiger partial charge in [-0.15, -0.1) is 0 Å². The fourth-order valence-corrected chi connectivity index (χ4v) is 2.86. The molecule has 0 amide bonds. The minimum atomic E-state index is 0.555. The highest BCUT2D eigenvalue weighted by molar-refractivity contribution is 8.15. The van der Waals surface area contributed by atoms with E-state index < -0.39 is 0 Å². The zero-order valence-corrected chi connectivity index (χ0v) is 12.6. The zero-order chi connectivity index (χ0) is 13.8. The van der Waals surface area contributed by atoms with Crippen LogP contribution in [0.5, 0.6) is 11.5 Å². The number of amidine groups is 1. The Bertz CT molecular complexity index is 475. The Kier molecular flexibility index (Phi) is 4.58. The highest BCUT2D eigenvalue weighted by Crippen LogP contribution is 2.33. The Balaban J connectivity index is 2.11. The number of benzene rings is 1. The fourth-order valence-electron chi connectivity index (χ4n) is 1.83. The van der Waals surface area contributed by atoms with Crippen LogP contribution < -0.4 is 14.8 Å². The van der Waals surface area contributed by atoms with E-state index in [1.165, 1.54) is 0 Å². The maximum atomic E-state index is 5.35. The highest BCUT2D eigenvalue weighted by atomic mass is 32.2. The van der Waals surface area contributed by atoms with Crippen molar-refractivity contribution in [1.29, 1.82) is 0 Å². The molecule has 0 aromatic heterocycles. The first-order chi connectivity index (χ1) is 9.13. The molecule has 0 radical (unpaired) electrons. The van der Waals surface area contributed by atoms with E-state index in [1.54, 1.807) is 26.0 Å². The van der Waals surface area contributed by atoms with Crippen molar-refractivity contribution in [1.82, 2.24) is 0 Å². The molecule has 5 heteroatoms. The molecule has 0 saturated heterocycles. The van der Waals surface area contributed by atoms with E-state index in [0.29, 0.717) is 11.2 Å². The molecule has 1 unspecified atom stereocenters. The van der Waals surface area contributed by atoms with Gasteiger partial charge in [-0.05, 0) is 18.1 Å². The molecule has 1 heterocycles. The SMILES string of the molecule is COc1ccc(OC)c(NC2=NCC(C(C)C)S2)c1. The molecule has 0 bridgehead atoms. The van der Waals surface area contributed by atoms with Crippen molar-refractivity contribution in [2.45, 2.75) is 19.1 Å². The predicted molar refractivity (Wildman–Crippen MR) is 81.7 cm³/mol. The maximum Gasteiger partial charge on any atom is 0.161 e. The molecule has 19 heavy (non-hydrogen) atoms. The molecule has 1 aromatic rings. The molecule has 0 spiro atoms. The smallest absolute Gasteiger partial charge is 0.161 e. The molecule has 1 aliphatic rings. The van der Waals surface area contributed by atoms with Gasteiger partial charge in [0.1, 0.15) is 11.5 Å². The third kappa shape index (κ3) is 3.35. The van der Waals surface area contributed by atoms with Crippen LogP contribution in [0, 0.1) is 5.92 Å². The van der Waals surface area contributed by atoms with E-state index in [9.17, 15) is 0 Å². The van der Waals surface area contributed by atoms with E-state index >= 15 is 0 Å². The molecule has 1 atom stereocenters. The summed E-state index contributed by atoms with van der Waals surface area (Å²) in [7, 11) is 3.32. The Morgan fingerprint density at radius 2 is 2.11 bits per heavy atom. The van der Waals surface area contributed by atoms with Gasteiger partial charge in [-0.3, -0.25) is 4.99 Å². The van der Waals surface area contributed by atoms with Crippen molar-refractivity contribution in [3.63, 3.8) is 0 Å². The van der Waals surface area contributed by atoms with E-state index in [0.717, 1.165) is 28.9 Å². The van der Waals surface area contributed by atoms with Crippen LogP contribution >= 0.6 is 11.8 Å². The predicted octanol–water partition coefficient (Wildman–Crippen LogP) is 3.24. The van der Waals surface area contributed by atoms with Gasteiger partial charge in [0.25, 0.3) is 0 Å². The van der Waals surface area contributed by atoms with Crippen molar-refractivity contribution in [3.05, 3.63) is 18.2 Å². The number of methoxy groups -OCH3 is 2. The minimum absolute atomic E-state index is 0.555. The Hall–Kier alpha value is -1.36. The number of hydrogen-bond acceptors (Lipinski definition) is 5. The van der Waals surface area contributed by atoms with Gasteiger partial charge >= 0.3 is 0 Å². The first-order valence-electron chi connectivity index (χ1n) is 6.34. The molecule has 4 nitrogen and oxygen atoms in total. The molecule has 1 aliphatic heterocycles. The minimum Gasteiger partial charge on any atom is -0.497 e. The topological polar surface area (TPSA) is 42.9 Å². The van der Waals surface area contributed by atoms with Crippen LogP contribution in [0.25, 0.3) is 0 Å². The summed E-state index contributed by atoms with van der Waals surface area (Å²) in [6.45, 7) is 5.32. The first-order valence-corrected chi connectivity index (χ1v) is 7.22. The van der Waals surface area contributed by atoms with Gasteiger partial charge in [-0.2, -0.15) is 0 Å². The summed E-state index contributed by atoms with van der Waals surface area (Å²) in [6.07, 6.45) is 0. The molecular formula is C14H20N2O2S. The molecule has 1 N–H and O–H groups in total. The quantitative estimate of drug-likeness (QED) is 0.919.